The molecule has 2 aromatic carbocycles. The van der Waals surface area contributed by atoms with Crippen LogP contribution in [-0.2, 0) is 17.1 Å². The minimum atomic E-state index is 0. The van der Waals surface area contributed by atoms with E-state index in [9.17, 15) is 10.2 Å². The second kappa shape index (κ2) is 10.4. The van der Waals surface area contributed by atoms with Crippen molar-refractivity contribution >= 4 is 5.57 Å². The summed E-state index contributed by atoms with van der Waals surface area (Å²) in [6.45, 7) is 0. The van der Waals surface area contributed by atoms with Gasteiger partial charge >= 0.3 is 17.1 Å². The summed E-state index contributed by atoms with van der Waals surface area (Å²) in [4.78, 5) is 0. The summed E-state index contributed by atoms with van der Waals surface area (Å²) in [6, 6.07) is 14.7. The topological polar surface area (TPSA) is 40.5 Å². The Hall–Kier alpha value is -1.70. The Kier molecular flexibility index (Phi) is 7.86. The molecule has 2 saturated carbocycles. The van der Waals surface area contributed by atoms with Crippen molar-refractivity contribution in [2.75, 3.05) is 0 Å². The van der Waals surface area contributed by atoms with E-state index in [0.717, 1.165) is 29.5 Å². The molecule has 0 aliphatic heterocycles. The maximum absolute atomic E-state index is 9.75. The van der Waals surface area contributed by atoms with Crippen molar-refractivity contribution in [3.05, 3.63) is 128 Å². The van der Waals surface area contributed by atoms with E-state index in [1.54, 1.807) is 24.3 Å². The van der Waals surface area contributed by atoms with Gasteiger partial charge in [0.15, 0.2) is 0 Å². The third kappa shape index (κ3) is 5.47. The maximum Gasteiger partial charge on any atom is 2.00 e. The molecule has 2 nitrogen and oxygen atoms in total. The van der Waals surface area contributed by atoms with Crippen LogP contribution in [0.2, 0.25) is 0 Å². The molecular formula is C26H22FeO2+2. The molecule has 2 N–H and O–H groups in total. The first-order chi connectivity index (χ1) is 13.7. The zero-order chi connectivity index (χ0) is 19.3. The average molecular weight is 422 g/mol. The van der Waals surface area contributed by atoms with Gasteiger partial charge in [-0.1, -0.05) is 29.8 Å². The number of phenolic OH excluding ortho intramolecular Hbond substituents is 2. The summed E-state index contributed by atoms with van der Waals surface area (Å²) in [7, 11) is 0. The zero-order valence-corrected chi connectivity index (χ0v) is 17.0. The van der Waals surface area contributed by atoms with Gasteiger partial charge in [0, 0.05) is 5.92 Å². The van der Waals surface area contributed by atoms with Crippen LogP contribution in [0.5, 0.6) is 11.5 Å². The molecule has 2 aromatic rings. The number of phenols is 2. The van der Waals surface area contributed by atoms with Crippen molar-refractivity contribution in [3.63, 3.8) is 0 Å². The Bertz CT molecular complexity index is 748. The first kappa shape index (κ1) is 22.0. The molecule has 0 saturated heterocycles. The van der Waals surface area contributed by atoms with Gasteiger partial charge < -0.3 is 10.2 Å². The van der Waals surface area contributed by atoms with Gasteiger partial charge in [-0.05, 0) is 111 Å². The Morgan fingerprint density at radius 1 is 0.621 bits per heavy atom. The van der Waals surface area contributed by atoms with Crippen LogP contribution in [0.1, 0.15) is 24.0 Å². The van der Waals surface area contributed by atoms with Gasteiger partial charge in [0.25, 0.3) is 0 Å². The Labute approximate surface area is 185 Å². The third-order valence-electron chi connectivity index (χ3n) is 5.02. The average Bonchev–Trinajstić information content (AvgIpc) is 3.41. The Morgan fingerprint density at radius 3 is 1.55 bits per heavy atom. The molecule has 0 amide bonds. The standard InChI is InChI=1S/C26H22O2.Fe/c27-23-14-10-21(11-15-23)26(22-12-16-24(28)17-13-22)25(20-7-3-4-8-20)18-9-19-5-1-2-6-19;/h1-8,10-17,27-28H,9,18H2;/q;+2. The fraction of sp³-hybridized carbons (Fsp3) is 0.0769. The Morgan fingerprint density at radius 2 is 1.07 bits per heavy atom. The van der Waals surface area contributed by atoms with E-state index < -0.39 is 0 Å². The predicted molar refractivity (Wildman–Crippen MR) is 112 cm³/mol. The molecule has 0 bridgehead atoms. The van der Waals surface area contributed by atoms with Crippen molar-refractivity contribution in [1.29, 1.82) is 0 Å². The van der Waals surface area contributed by atoms with Gasteiger partial charge in [-0.25, -0.2) is 0 Å². The van der Waals surface area contributed by atoms with Crippen molar-refractivity contribution in [1.82, 2.24) is 0 Å². The molecule has 2 fully saturated rings. The molecule has 0 unspecified atom stereocenters. The number of benzene rings is 2. The van der Waals surface area contributed by atoms with Crippen molar-refractivity contribution in [3.8, 4) is 11.5 Å². The first-order valence-electron chi connectivity index (χ1n) is 9.45. The molecule has 10 radical (unpaired) electrons. The van der Waals surface area contributed by atoms with Crippen LogP contribution in [0.25, 0.3) is 5.57 Å². The largest absolute Gasteiger partial charge is 2.00 e. The van der Waals surface area contributed by atoms with Crippen LogP contribution < -0.4 is 0 Å². The minimum Gasteiger partial charge on any atom is -0.508 e. The SMILES string of the molecule is Oc1ccc(C(=C(CC[C]2[CH][CH][CH][CH]2)[C]2[CH][CH][CH][CH]2)c2ccc(O)cc2)cc1.[Fe+2]. The number of hydrogen-bond donors (Lipinski definition) is 2. The van der Waals surface area contributed by atoms with Crippen molar-refractivity contribution in [2.45, 2.75) is 12.8 Å². The minimum absolute atomic E-state index is 0. The van der Waals surface area contributed by atoms with Gasteiger partial charge in [0.2, 0.25) is 0 Å². The molecule has 144 valence electrons. The molecule has 0 aromatic heterocycles. The van der Waals surface area contributed by atoms with Crippen LogP contribution >= 0.6 is 0 Å². The normalized spacial score (nSPS) is 17.2. The fourth-order valence-electron chi connectivity index (χ4n) is 3.61. The van der Waals surface area contributed by atoms with Gasteiger partial charge in [-0.15, -0.1) is 0 Å². The zero-order valence-electron chi connectivity index (χ0n) is 15.9. The predicted octanol–water partition coefficient (Wildman–Crippen LogP) is 5.49. The summed E-state index contributed by atoms with van der Waals surface area (Å²) in [5.41, 5.74) is 4.46. The van der Waals surface area contributed by atoms with Crippen molar-refractivity contribution in [2.24, 2.45) is 0 Å². The molecule has 0 atom stereocenters. The van der Waals surface area contributed by atoms with Crippen LogP contribution in [0.3, 0.4) is 0 Å². The third-order valence-corrected chi connectivity index (χ3v) is 5.02. The van der Waals surface area contributed by atoms with E-state index in [-0.39, 0.29) is 28.6 Å². The van der Waals surface area contributed by atoms with Gasteiger partial charge in [0.1, 0.15) is 11.5 Å². The fourth-order valence-corrected chi connectivity index (χ4v) is 3.61. The monoisotopic (exact) mass is 422 g/mol. The molecule has 0 heterocycles. The first-order valence-corrected chi connectivity index (χ1v) is 9.45. The van der Waals surface area contributed by atoms with E-state index in [4.69, 9.17) is 0 Å². The van der Waals surface area contributed by atoms with E-state index in [1.807, 2.05) is 24.3 Å². The number of rotatable bonds is 6. The number of allylic oxidation sites excluding steroid dienone is 1. The second-order valence-electron chi connectivity index (χ2n) is 6.91. The number of hydrogen-bond acceptors (Lipinski definition) is 2. The number of aromatic hydroxyl groups is 2. The molecule has 2 aliphatic rings. The summed E-state index contributed by atoms with van der Waals surface area (Å²) >= 11 is 0. The summed E-state index contributed by atoms with van der Waals surface area (Å²) in [6.07, 6.45) is 18.7. The van der Waals surface area contributed by atoms with Crippen molar-refractivity contribution < 1.29 is 27.3 Å². The molecular weight excluding hydrogens is 400 g/mol. The van der Waals surface area contributed by atoms with E-state index in [2.05, 4.69) is 51.4 Å². The van der Waals surface area contributed by atoms with Gasteiger partial charge in [-0.3, -0.25) is 0 Å². The van der Waals surface area contributed by atoms with Gasteiger partial charge in [0.05, 0.1) is 0 Å². The van der Waals surface area contributed by atoms with E-state index in [0.29, 0.717) is 0 Å². The van der Waals surface area contributed by atoms with E-state index in [1.165, 1.54) is 17.4 Å². The summed E-state index contributed by atoms with van der Waals surface area (Å²) in [5, 5.41) is 19.5. The summed E-state index contributed by atoms with van der Waals surface area (Å²) in [5.74, 6) is 3.02. The maximum atomic E-state index is 9.75. The molecule has 3 heteroatoms. The molecule has 0 spiro atoms. The summed E-state index contributed by atoms with van der Waals surface area (Å²) < 4.78 is 0. The van der Waals surface area contributed by atoms with Crippen LogP contribution in [-0.4, -0.2) is 10.2 Å². The van der Waals surface area contributed by atoms with Crippen LogP contribution in [0.4, 0.5) is 0 Å². The van der Waals surface area contributed by atoms with Crippen LogP contribution in [0, 0.1) is 63.2 Å². The molecule has 29 heavy (non-hydrogen) atoms. The molecule has 2 aliphatic carbocycles. The molecule has 4 rings (SSSR count). The Balaban J connectivity index is 0.00000240. The quantitative estimate of drug-likeness (QED) is 0.605. The second-order valence-corrected chi connectivity index (χ2v) is 6.91. The van der Waals surface area contributed by atoms with Crippen LogP contribution in [0.15, 0.2) is 54.1 Å². The van der Waals surface area contributed by atoms with Gasteiger partial charge in [-0.2, -0.15) is 0 Å². The smallest absolute Gasteiger partial charge is 0.508 e. The van der Waals surface area contributed by atoms with E-state index >= 15 is 0 Å².